The molecule has 70 valence electrons. The fraction of sp³-hybridized carbons (Fsp3) is 0.778. The molecule has 0 aromatic carbocycles. The van der Waals surface area contributed by atoms with Gasteiger partial charge in [-0.3, -0.25) is 0 Å². The van der Waals surface area contributed by atoms with E-state index in [4.69, 9.17) is 0 Å². The Kier molecular flexibility index (Phi) is 3.56. The lowest BCUT2D eigenvalue weighted by Crippen LogP contribution is -2.44. The van der Waals surface area contributed by atoms with Crippen LogP contribution in [0.1, 0.15) is 0 Å². The highest BCUT2D eigenvalue weighted by Crippen LogP contribution is 2.05. The maximum absolute atomic E-state index is 4.04. The molecule has 0 radical (unpaired) electrons. The van der Waals surface area contributed by atoms with E-state index in [-0.39, 0.29) is 0 Å². The van der Waals surface area contributed by atoms with Gasteiger partial charge >= 0.3 is 0 Å². The van der Waals surface area contributed by atoms with Gasteiger partial charge in [-0.1, -0.05) is 6.58 Å². The van der Waals surface area contributed by atoms with Crippen LogP contribution in [0.3, 0.4) is 0 Å². The molecule has 0 amide bonds. The molecule has 0 saturated carbocycles. The van der Waals surface area contributed by atoms with Gasteiger partial charge < -0.3 is 15.1 Å². The highest BCUT2D eigenvalue weighted by Gasteiger charge is 2.13. The monoisotopic (exact) mass is 169 g/mol. The molecule has 0 aromatic rings. The first kappa shape index (κ1) is 9.55. The number of nitrogens with one attached hydrogen (secondary N) is 1. The van der Waals surface area contributed by atoms with Crippen molar-refractivity contribution >= 4 is 0 Å². The molecule has 0 aromatic heterocycles. The predicted octanol–water partition coefficient (Wildman–Crippen LogP) is -0.0331. The van der Waals surface area contributed by atoms with E-state index < -0.39 is 0 Å². The first-order valence-corrected chi connectivity index (χ1v) is 4.50. The quantitative estimate of drug-likeness (QED) is 0.640. The van der Waals surface area contributed by atoms with Gasteiger partial charge in [-0.05, 0) is 14.1 Å². The summed E-state index contributed by atoms with van der Waals surface area (Å²) in [6, 6.07) is 0. The molecule has 3 nitrogen and oxygen atoms in total. The number of piperazine rings is 1. The molecule has 1 aliphatic rings. The smallest absolute Gasteiger partial charge is 0.0347 e. The maximum Gasteiger partial charge on any atom is 0.0347 e. The highest BCUT2D eigenvalue weighted by molar-refractivity contribution is 4.97. The second kappa shape index (κ2) is 4.48. The third kappa shape index (κ3) is 2.50. The summed E-state index contributed by atoms with van der Waals surface area (Å²) in [5.74, 6) is 0. The van der Waals surface area contributed by atoms with Crippen LogP contribution in [-0.4, -0.2) is 56.6 Å². The summed E-state index contributed by atoms with van der Waals surface area (Å²) in [7, 11) is 4.12. The largest absolute Gasteiger partial charge is 0.372 e. The molecule has 0 spiro atoms. The van der Waals surface area contributed by atoms with E-state index >= 15 is 0 Å². The maximum atomic E-state index is 4.04. The van der Waals surface area contributed by atoms with E-state index in [0.29, 0.717) is 0 Å². The molecule has 0 bridgehead atoms. The number of likely N-dealkylation sites (N-methyl/N-ethyl adjacent to an activating group) is 2. The molecule has 1 aliphatic heterocycles. The van der Waals surface area contributed by atoms with E-state index in [9.17, 15) is 0 Å². The number of hydrogen-bond acceptors (Lipinski definition) is 3. The van der Waals surface area contributed by atoms with Crippen molar-refractivity contribution in [3.05, 3.63) is 12.3 Å². The Morgan fingerprint density at radius 2 is 1.92 bits per heavy atom. The summed E-state index contributed by atoms with van der Waals surface area (Å²) in [6.07, 6.45) is 0. The lowest BCUT2D eigenvalue weighted by molar-refractivity contribution is 0.184. The van der Waals surface area contributed by atoms with Gasteiger partial charge in [0.2, 0.25) is 0 Å². The summed E-state index contributed by atoms with van der Waals surface area (Å²) in [5.41, 5.74) is 1.21. The Hall–Kier alpha value is -0.540. The molecular formula is C9H19N3. The van der Waals surface area contributed by atoms with Crippen LogP contribution in [0.2, 0.25) is 0 Å². The topological polar surface area (TPSA) is 18.5 Å². The fourth-order valence-electron chi connectivity index (χ4n) is 1.44. The average Bonchev–Trinajstić information content (AvgIpc) is 2.06. The van der Waals surface area contributed by atoms with Crippen LogP contribution in [0.15, 0.2) is 12.3 Å². The van der Waals surface area contributed by atoms with Crippen LogP contribution in [0.4, 0.5) is 0 Å². The van der Waals surface area contributed by atoms with Crippen molar-refractivity contribution in [1.82, 2.24) is 15.1 Å². The minimum atomic E-state index is 0.906. The van der Waals surface area contributed by atoms with Crippen molar-refractivity contribution in [2.75, 3.05) is 46.8 Å². The second-order valence-electron chi connectivity index (χ2n) is 3.39. The minimum absolute atomic E-state index is 0.906. The minimum Gasteiger partial charge on any atom is -0.372 e. The van der Waals surface area contributed by atoms with E-state index in [1.807, 2.05) is 7.05 Å². The Morgan fingerprint density at radius 3 is 2.42 bits per heavy atom. The normalized spacial score (nSPS) is 19.7. The Bertz CT molecular complexity index is 148. The summed E-state index contributed by atoms with van der Waals surface area (Å²) in [4.78, 5) is 4.71. The molecule has 1 rings (SSSR count). The van der Waals surface area contributed by atoms with E-state index in [0.717, 1.165) is 32.7 Å². The van der Waals surface area contributed by atoms with Crippen molar-refractivity contribution in [2.45, 2.75) is 0 Å². The van der Waals surface area contributed by atoms with Gasteiger partial charge in [0.1, 0.15) is 0 Å². The summed E-state index contributed by atoms with van der Waals surface area (Å²) >= 11 is 0. The average molecular weight is 169 g/mol. The van der Waals surface area contributed by atoms with Crippen molar-refractivity contribution in [1.29, 1.82) is 0 Å². The van der Waals surface area contributed by atoms with Crippen molar-refractivity contribution in [3.63, 3.8) is 0 Å². The standard InChI is InChI=1S/C9H19N3/c1-9(8-10-2)12-6-4-11(3)5-7-12/h10H,1,4-8H2,2-3H3. The summed E-state index contributed by atoms with van der Waals surface area (Å²) in [5, 5.41) is 3.12. The predicted molar refractivity (Wildman–Crippen MR) is 52.1 cm³/mol. The van der Waals surface area contributed by atoms with Gasteiger partial charge in [-0.15, -0.1) is 0 Å². The molecule has 1 saturated heterocycles. The second-order valence-corrected chi connectivity index (χ2v) is 3.39. The SMILES string of the molecule is C=C(CNC)N1CCN(C)CC1. The lowest BCUT2D eigenvalue weighted by atomic mass is 10.3. The molecule has 0 unspecified atom stereocenters. The fourth-order valence-corrected chi connectivity index (χ4v) is 1.44. The third-order valence-corrected chi connectivity index (χ3v) is 2.33. The summed E-state index contributed by atoms with van der Waals surface area (Å²) in [6.45, 7) is 9.50. The number of nitrogens with zero attached hydrogens (tertiary/aromatic N) is 2. The van der Waals surface area contributed by atoms with Crippen molar-refractivity contribution < 1.29 is 0 Å². The van der Waals surface area contributed by atoms with Crippen LogP contribution < -0.4 is 5.32 Å². The van der Waals surface area contributed by atoms with Gasteiger partial charge in [0, 0.05) is 38.4 Å². The molecule has 12 heavy (non-hydrogen) atoms. The molecule has 0 atom stereocenters. The highest BCUT2D eigenvalue weighted by atomic mass is 15.3. The van der Waals surface area contributed by atoms with E-state index in [1.165, 1.54) is 5.70 Å². The van der Waals surface area contributed by atoms with E-state index in [2.05, 4.69) is 28.7 Å². The zero-order valence-corrected chi connectivity index (χ0v) is 8.14. The molecule has 3 heteroatoms. The molecular weight excluding hydrogens is 150 g/mol. The third-order valence-electron chi connectivity index (χ3n) is 2.33. The first-order chi connectivity index (χ1) is 5.74. The first-order valence-electron chi connectivity index (χ1n) is 4.50. The van der Waals surface area contributed by atoms with E-state index in [1.54, 1.807) is 0 Å². The van der Waals surface area contributed by atoms with Crippen LogP contribution in [0, 0.1) is 0 Å². The molecule has 0 aliphatic carbocycles. The lowest BCUT2D eigenvalue weighted by Gasteiger charge is -2.35. The van der Waals surface area contributed by atoms with Crippen LogP contribution in [-0.2, 0) is 0 Å². The zero-order chi connectivity index (χ0) is 8.97. The Morgan fingerprint density at radius 1 is 1.33 bits per heavy atom. The van der Waals surface area contributed by atoms with Gasteiger partial charge in [-0.25, -0.2) is 0 Å². The van der Waals surface area contributed by atoms with Crippen molar-refractivity contribution in [3.8, 4) is 0 Å². The van der Waals surface area contributed by atoms with Crippen LogP contribution in [0.5, 0.6) is 0 Å². The zero-order valence-electron chi connectivity index (χ0n) is 8.14. The summed E-state index contributed by atoms with van der Waals surface area (Å²) < 4.78 is 0. The van der Waals surface area contributed by atoms with Crippen LogP contribution in [0.25, 0.3) is 0 Å². The van der Waals surface area contributed by atoms with Gasteiger partial charge in [-0.2, -0.15) is 0 Å². The Balaban J connectivity index is 2.29. The van der Waals surface area contributed by atoms with Gasteiger partial charge in [0.15, 0.2) is 0 Å². The molecule has 1 heterocycles. The molecule has 1 fully saturated rings. The van der Waals surface area contributed by atoms with Crippen molar-refractivity contribution in [2.24, 2.45) is 0 Å². The van der Waals surface area contributed by atoms with Gasteiger partial charge in [0.25, 0.3) is 0 Å². The van der Waals surface area contributed by atoms with Gasteiger partial charge in [0.05, 0.1) is 0 Å². The number of hydrogen-bond donors (Lipinski definition) is 1. The Labute approximate surface area is 75.0 Å². The van der Waals surface area contributed by atoms with Crippen LogP contribution >= 0.6 is 0 Å². The number of rotatable bonds is 3. The molecule has 1 N–H and O–H groups in total.